The number of thioether (sulfide) groups is 1. The summed E-state index contributed by atoms with van der Waals surface area (Å²) in [5.74, 6) is 0.676. The Morgan fingerprint density at radius 3 is 2.53 bits per heavy atom. The third-order valence-corrected chi connectivity index (χ3v) is 5.44. The van der Waals surface area contributed by atoms with Crippen molar-refractivity contribution >= 4 is 23.5 Å². The number of ether oxygens (including phenoxy) is 1. The van der Waals surface area contributed by atoms with Crippen molar-refractivity contribution in [2.24, 2.45) is 0 Å². The van der Waals surface area contributed by atoms with Gasteiger partial charge in [0.15, 0.2) is 12.4 Å². The van der Waals surface area contributed by atoms with Crippen LogP contribution in [0.4, 0.5) is 5.82 Å². The summed E-state index contributed by atoms with van der Waals surface area (Å²) in [6.45, 7) is 1.91. The number of hydrogen-bond donors (Lipinski definition) is 1. The number of nitrogens with one attached hydrogen (secondary N) is 1. The number of carbonyl (C=O) groups is 1. The summed E-state index contributed by atoms with van der Waals surface area (Å²) in [6.07, 6.45) is 7.01. The second-order valence-electron chi connectivity index (χ2n) is 7.08. The van der Waals surface area contributed by atoms with Gasteiger partial charge in [0, 0.05) is 28.4 Å². The van der Waals surface area contributed by atoms with Crippen LogP contribution in [0.5, 0.6) is 5.75 Å². The van der Waals surface area contributed by atoms with Gasteiger partial charge >= 0.3 is 0 Å². The molecule has 0 spiro atoms. The zero-order chi connectivity index (χ0) is 22.3. The van der Waals surface area contributed by atoms with Gasteiger partial charge in [-0.25, -0.2) is 4.98 Å². The second-order valence-corrected chi connectivity index (χ2v) is 7.96. The Hall–Kier alpha value is -3.71. The first-order valence-electron chi connectivity index (χ1n) is 10.0. The first-order chi connectivity index (χ1) is 15.6. The first-order valence-corrected chi connectivity index (χ1v) is 11.3. The van der Waals surface area contributed by atoms with E-state index in [0.29, 0.717) is 17.3 Å². The highest BCUT2D eigenvalue weighted by atomic mass is 32.2. The zero-order valence-corrected chi connectivity index (χ0v) is 18.6. The lowest BCUT2D eigenvalue weighted by atomic mass is 10.0. The smallest absolute Gasteiger partial charge is 0.263 e. The Morgan fingerprint density at radius 1 is 1.00 bits per heavy atom. The molecule has 0 bridgehead atoms. The minimum absolute atomic E-state index is 0.123. The SMILES string of the molecule is CSc1ccc(OCC(=O)Nc2cnc(-c3cccc(C)c3)c(-c3cccnc3)n2)cc1. The van der Waals surface area contributed by atoms with Crippen LogP contribution in [0.1, 0.15) is 5.56 Å². The molecule has 0 atom stereocenters. The van der Waals surface area contributed by atoms with Gasteiger partial charge in [0.1, 0.15) is 11.4 Å². The van der Waals surface area contributed by atoms with E-state index < -0.39 is 0 Å². The molecule has 2 heterocycles. The summed E-state index contributed by atoms with van der Waals surface area (Å²) in [6, 6.07) is 19.4. The van der Waals surface area contributed by atoms with E-state index in [1.807, 2.05) is 67.8 Å². The number of nitrogens with zero attached hydrogens (tertiary/aromatic N) is 3. The number of anilines is 1. The highest BCUT2D eigenvalue weighted by Gasteiger charge is 2.14. The van der Waals surface area contributed by atoms with Crippen LogP contribution >= 0.6 is 11.8 Å². The normalized spacial score (nSPS) is 10.6. The number of aryl methyl sites for hydroxylation is 1. The van der Waals surface area contributed by atoms with Gasteiger partial charge in [-0.05, 0) is 55.6 Å². The summed E-state index contributed by atoms with van der Waals surface area (Å²) < 4.78 is 5.58. The third kappa shape index (κ3) is 5.31. The number of hydrogen-bond acceptors (Lipinski definition) is 6. The van der Waals surface area contributed by atoms with Crippen LogP contribution in [0.15, 0.2) is 84.1 Å². The lowest BCUT2D eigenvalue weighted by Crippen LogP contribution is -2.21. The van der Waals surface area contributed by atoms with Gasteiger partial charge < -0.3 is 10.1 Å². The van der Waals surface area contributed by atoms with Crippen LogP contribution in [-0.2, 0) is 4.79 Å². The van der Waals surface area contributed by atoms with Gasteiger partial charge in [0.25, 0.3) is 5.91 Å². The van der Waals surface area contributed by atoms with Crippen molar-refractivity contribution in [2.75, 3.05) is 18.2 Å². The van der Waals surface area contributed by atoms with Gasteiger partial charge in [-0.2, -0.15) is 0 Å². The Kier molecular flexibility index (Phi) is 6.77. The number of aromatic nitrogens is 3. The molecule has 1 amide bonds. The van der Waals surface area contributed by atoms with E-state index in [1.54, 1.807) is 30.4 Å². The molecule has 6 nitrogen and oxygen atoms in total. The molecule has 1 N–H and O–H groups in total. The summed E-state index contributed by atoms with van der Waals surface area (Å²) in [7, 11) is 0. The Morgan fingerprint density at radius 2 is 1.81 bits per heavy atom. The molecule has 0 aliphatic heterocycles. The van der Waals surface area contributed by atoms with Crippen LogP contribution < -0.4 is 10.1 Å². The minimum Gasteiger partial charge on any atom is -0.484 e. The number of carbonyl (C=O) groups excluding carboxylic acids is 1. The Bertz CT molecular complexity index is 1210. The standard InChI is InChI=1S/C25H22N4O2S/c1-17-5-3-6-18(13-17)24-25(19-7-4-12-26-14-19)29-22(15-27-24)28-23(30)16-31-20-8-10-21(32-2)11-9-20/h3-15H,16H2,1-2H3,(H,28,29,30). The van der Waals surface area contributed by atoms with E-state index in [1.165, 1.54) is 0 Å². The lowest BCUT2D eigenvalue weighted by Gasteiger charge is -2.12. The van der Waals surface area contributed by atoms with Crippen molar-refractivity contribution in [3.8, 4) is 28.3 Å². The van der Waals surface area contributed by atoms with E-state index in [4.69, 9.17) is 4.74 Å². The predicted octanol–water partition coefficient (Wildman–Crippen LogP) is 5.25. The van der Waals surface area contributed by atoms with E-state index in [-0.39, 0.29) is 12.5 Å². The van der Waals surface area contributed by atoms with Crippen molar-refractivity contribution in [1.82, 2.24) is 15.0 Å². The van der Waals surface area contributed by atoms with E-state index in [2.05, 4.69) is 26.3 Å². The maximum atomic E-state index is 12.4. The fraction of sp³-hybridized carbons (Fsp3) is 0.120. The maximum Gasteiger partial charge on any atom is 0.263 e. The van der Waals surface area contributed by atoms with E-state index in [9.17, 15) is 4.79 Å². The average Bonchev–Trinajstić information content (AvgIpc) is 2.83. The van der Waals surface area contributed by atoms with Crippen molar-refractivity contribution < 1.29 is 9.53 Å². The third-order valence-electron chi connectivity index (χ3n) is 4.70. The van der Waals surface area contributed by atoms with Crippen molar-refractivity contribution in [1.29, 1.82) is 0 Å². The fourth-order valence-electron chi connectivity index (χ4n) is 3.16. The van der Waals surface area contributed by atoms with Crippen molar-refractivity contribution in [2.45, 2.75) is 11.8 Å². The molecule has 0 unspecified atom stereocenters. The molecule has 0 fully saturated rings. The average molecular weight is 443 g/mol. The molecule has 32 heavy (non-hydrogen) atoms. The lowest BCUT2D eigenvalue weighted by molar-refractivity contribution is -0.118. The summed E-state index contributed by atoms with van der Waals surface area (Å²) in [5, 5.41) is 2.77. The highest BCUT2D eigenvalue weighted by Crippen LogP contribution is 2.29. The fourth-order valence-corrected chi connectivity index (χ4v) is 3.57. The van der Waals surface area contributed by atoms with Crippen LogP contribution in [0.3, 0.4) is 0 Å². The van der Waals surface area contributed by atoms with Crippen molar-refractivity contribution in [3.63, 3.8) is 0 Å². The number of rotatable bonds is 7. The van der Waals surface area contributed by atoms with Gasteiger partial charge in [0.2, 0.25) is 0 Å². The molecule has 0 radical (unpaired) electrons. The molecule has 7 heteroatoms. The highest BCUT2D eigenvalue weighted by molar-refractivity contribution is 7.98. The molecule has 160 valence electrons. The molecule has 4 rings (SSSR count). The zero-order valence-electron chi connectivity index (χ0n) is 17.8. The van der Waals surface area contributed by atoms with E-state index >= 15 is 0 Å². The molecule has 0 aliphatic carbocycles. The molecule has 0 saturated carbocycles. The molecule has 0 aliphatic rings. The summed E-state index contributed by atoms with van der Waals surface area (Å²) in [4.78, 5) is 27.1. The van der Waals surface area contributed by atoms with Gasteiger partial charge in [-0.3, -0.25) is 14.8 Å². The number of pyridine rings is 1. The van der Waals surface area contributed by atoms with Crippen LogP contribution in [0, 0.1) is 6.92 Å². The largest absolute Gasteiger partial charge is 0.484 e. The van der Waals surface area contributed by atoms with Crippen molar-refractivity contribution in [3.05, 3.63) is 84.8 Å². The second kappa shape index (κ2) is 10.1. The van der Waals surface area contributed by atoms with Crippen LogP contribution in [0.2, 0.25) is 0 Å². The Balaban J connectivity index is 1.54. The minimum atomic E-state index is -0.311. The number of amides is 1. The summed E-state index contributed by atoms with van der Waals surface area (Å²) >= 11 is 1.65. The monoisotopic (exact) mass is 442 g/mol. The quantitative estimate of drug-likeness (QED) is 0.394. The van der Waals surface area contributed by atoms with E-state index in [0.717, 1.165) is 27.3 Å². The molecule has 4 aromatic rings. The van der Waals surface area contributed by atoms with Gasteiger partial charge in [0.05, 0.1) is 11.9 Å². The van der Waals surface area contributed by atoms with Gasteiger partial charge in [-0.1, -0.05) is 23.8 Å². The Labute approximate surface area is 191 Å². The predicted molar refractivity (Wildman–Crippen MR) is 128 cm³/mol. The van der Waals surface area contributed by atoms with Crippen LogP contribution in [0.25, 0.3) is 22.5 Å². The van der Waals surface area contributed by atoms with Gasteiger partial charge in [-0.15, -0.1) is 11.8 Å². The molecule has 2 aromatic carbocycles. The number of benzene rings is 2. The first kappa shape index (κ1) is 21.5. The summed E-state index contributed by atoms with van der Waals surface area (Å²) in [5.41, 5.74) is 4.27. The topological polar surface area (TPSA) is 77.0 Å². The molecule has 2 aromatic heterocycles. The maximum absolute atomic E-state index is 12.4. The molecular formula is C25H22N4O2S. The molecular weight excluding hydrogens is 420 g/mol. The van der Waals surface area contributed by atoms with Crippen LogP contribution in [-0.4, -0.2) is 33.7 Å². The molecule has 0 saturated heterocycles.